The third kappa shape index (κ3) is 2.52. The van der Waals surface area contributed by atoms with E-state index >= 15 is 0 Å². The minimum absolute atomic E-state index is 0.0931. The fourth-order valence-corrected chi connectivity index (χ4v) is 3.49. The van der Waals surface area contributed by atoms with Crippen molar-refractivity contribution >= 4 is 5.91 Å². The number of carbonyl (C=O) groups is 1. The van der Waals surface area contributed by atoms with Gasteiger partial charge in [-0.1, -0.05) is 24.6 Å². The van der Waals surface area contributed by atoms with Gasteiger partial charge in [-0.25, -0.2) is 0 Å². The molecule has 2 saturated heterocycles. The van der Waals surface area contributed by atoms with Gasteiger partial charge in [0.25, 0.3) is 5.91 Å². The van der Waals surface area contributed by atoms with Crippen molar-refractivity contribution in [1.29, 1.82) is 0 Å². The number of hydrogen-bond donors (Lipinski definition) is 1. The highest BCUT2D eigenvalue weighted by Gasteiger charge is 2.36. The third-order valence-electron chi connectivity index (χ3n) is 4.56. The fraction of sp³-hybridized carbons (Fsp3) is 0.562. The Hall–Kier alpha value is -1.35. The van der Waals surface area contributed by atoms with Gasteiger partial charge in [0, 0.05) is 24.2 Å². The van der Waals surface area contributed by atoms with E-state index in [4.69, 9.17) is 0 Å². The van der Waals surface area contributed by atoms with E-state index in [-0.39, 0.29) is 5.91 Å². The lowest BCUT2D eigenvalue weighted by Crippen LogP contribution is -2.46. The standard InChI is InChI=1S/C16H22N2O/c1-12-6-2-3-7-13(12)16(19)17-14-9-11-18-10-5-4-8-15(14)18/h2-3,6-7,14-15H,4-5,8-11H2,1H3,(H,17,19)/t14-,15+/m1/s1. The largest absolute Gasteiger partial charge is 0.348 e. The zero-order chi connectivity index (χ0) is 13.2. The van der Waals surface area contributed by atoms with Gasteiger partial charge in [-0.2, -0.15) is 0 Å². The number of rotatable bonds is 2. The molecule has 0 aromatic heterocycles. The molecule has 0 radical (unpaired) electrons. The second kappa shape index (κ2) is 5.33. The molecule has 2 atom stereocenters. The van der Waals surface area contributed by atoms with Crippen LogP contribution in [0.1, 0.15) is 41.6 Å². The molecule has 3 heteroatoms. The molecule has 0 unspecified atom stereocenters. The molecule has 102 valence electrons. The number of fused-ring (bicyclic) bond motifs is 1. The summed E-state index contributed by atoms with van der Waals surface area (Å²) in [7, 11) is 0. The van der Waals surface area contributed by atoms with Crippen LogP contribution in [0.2, 0.25) is 0 Å². The zero-order valence-electron chi connectivity index (χ0n) is 11.6. The number of carbonyl (C=O) groups excluding carboxylic acids is 1. The van der Waals surface area contributed by atoms with Crippen LogP contribution >= 0.6 is 0 Å². The van der Waals surface area contributed by atoms with E-state index in [1.165, 1.54) is 25.8 Å². The molecule has 3 rings (SSSR count). The molecular formula is C16H22N2O. The van der Waals surface area contributed by atoms with Crippen molar-refractivity contribution in [3.8, 4) is 0 Å². The van der Waals surface area contributed by atoms with Crippen LogP contribution in [0.5, 0.6) is 0 Å². The van der Waals surface area contributed by atoms with E-state index in [0.29, 0.717) is 12.1 Å². The molecule has 1 aromatic rings. The maximum Gasteiger partial charge on any atom is 0.251 e. The summed E-state index contributed by atoms with van der Waals surface area (Å²) in [5.41, 5.74) is 1.87. The summed E-state index contributed by atoms with van der Waals surface area (Å²) in [5.74, 6) is 0.0931. The molecule has 0 aliphatic carbocycles. The molecule has 0 spiro atoms. The topological polar surface area (TPSA) is 32.3 Å². The number of aryl methyl sites for hydroxylation is 1. The maximum atomic E-state index is 12.4. The first-order chi connectivity index (χ1) is 9.25. The van der Waals surface area contributed by atoms with Crippen LogP contribution in [0.3, 0.4) is 0 Å². The van der Waals surface area contributed by atoms with Gasteiger partial charge in [0.2, 0.25) is 0 Å². The molecule has 2 aliphatic heterocycles. The first-order valence-electron chi connectivity index (χ1n) is 7.36. The summed E-state index contributed by atoms with van der Waals surface area (Å²) in [4.78, 5) is 14.9. The Morgan fingerprint density at radius 1 is 1.21 bits per heavy atom. The predicted octanol–water partition coefficient (Wildman–Crippen LogP) is 2.35. The maximum absolute atomic E-state index is 12.4. The molecule has 0 saturated carbocycles. The molecule has 1 N–H and O–H groups in total. The average molecular weight is 258 g/mol. The third-order valence-corrected chi connectivity index (χ3v) is 4.56. The summed E-state index contributed by atoms with van der Waals surface area (Å²) in [6.07, 6.45) is 4.95. The van der Waals surface area contributed by atoms with Gasteiger partial charge >= 0.3 is 0 Å². The lowest BCUT2D eigenvalue weighted by molar-refractivity contribution is 0.0914. The Balaban J connectivity index is 1.68. The fourth-order valence-electron chi connectivity index (χ4n) is 3.49. The summed E-state index contributed by atoms with van der Waals surface area (Å²) < 4.78 is 0. The van der Waals surface area contributed by atoms with Crippen LogP contribution in [0.25, 0.3) is 0 Å². The van der Waals surface area contributed by atoms with Crippen LogP contribution < -0.4 is 5.32 Å². The number of benzene rings is 1. The Morgan fingerprint density at radius 2 is 2.05 bits per heavy atom. The highest BCUT2D eigenvalue weighted by atomic mass is 16.1. The van der Waals surface area contributed by atoms with E-state index in [0.717, 1.165) is 24.1 Å². The first-order valence-corrected chi connectivity index (χ1v) is 7.36. The van der Waals surface area contributed by atoms with Crippen molar-refractivity contribution in [2.45, 2.75) is 44.7 Å². The zero-order valence-corrected chi connectivity index (χ0v) is 11.6. The normalized spacial score (nSPS) is 27.0. The molecule has 1 aromatic carbocycles. The quantitative estimate of drug-likeness (QED) is 0.883. The lowest BCUT2D eigenvalue weighted by atomic mass is 9.98. The number of piperidine rings is 1. The van der Waals surface area contributed by atoms with E-state index < -0.39 is 0 Å². The van der Waals surface area contributed by atoms with Crippen LogP contribution in [-0.2, 0) is 0 Å². The van der Waals surface area contributed by atoms with Gasteiger partial charge in [-0.05, 0) is 44.4 Å². The number of nitrogens with one attached hydrogen (secondary N) is 1. The summed E-state index contributed by atoms with van der Waals surface area (Å²) >= 11 is 0. The minimum Gasteiger partial charge on any atom is -0.348 e. The van der Waals surface area contributed by atoms with Crippen molar-refractivity contribution in [3.63, 3.8) is 0 Å². The number of nitrogens with zero attached hydrogens (tertiary/aromatic N) is 1. The molecule has 0 bridgehead atoms. The van der Waals surface area contributed by atoms with E-state index in [2.05, 4.69) is 10.2 Å². The van der Waals surface area contributed by atoms with Crippen molar-refractivity contribution < 1.29 is 4.79 Å². The molecule has 2 fully saturated rings. The second-order valence-corrected chi connectivity index (χ2v) is 5.78. The SMILES string of the molecule is Cc1ccccc1C(=O)N[C@@H]1CCN2CCCC[C@@H]12. The minimum atomic E-state index is 0.0931. The predicted molar refractivity (Wildman–Crippen MR) is 76.3 cm³/mol. The molecule has 2 aliphatic rings. The van der Waals surface area contributed by atoms with Crippen molar-refractivity contribution in [1.82, 2.24) is 10.2 Å². The van der Waals surface area contributed by atoms with E-state index in [1.807, 2.05) is 31.2 Å². The van der Waals surface area contributed by atoms with Gasteiger partial charge in [0.05, 0.1) is 0 Å². The summed E-state index contributed by atoms with van der Waals surface area (Å²) in [6.45, 7) is 4.35. The Morgan fingerprint density at radius 3 is 2.89 bits per heavy atom. The van der Waals surface area contributed by atoms with Crippen LogP contribution in [0.15, 0.2) is 24.3 Å². The molecular weight excluding hydrogens is 236 g/mol. The lowest BCUT2D eigenvalue weighted by Gasteiger charge is -2.32. The highest BCUT2D eigenvalue weighted by molar-refractivity contribution is 5.95. The molecule has 2 heterocycles. The van der Waals surface area contributed by atoms with Crippen LogP contribution in [0.4, 0.5) is 0 Å². The van der Waals surface area contributed by atoms with Crippen molar-refractivity contribution in [3.05, 3.63) is 35.4 Å². The first kappa shape index (κ1) is 12.7. The van der Waals surface area contributed by atoms with Crippen LogP contribution in [-0.4, -0.2) is 36.0 Å². The van der Waals surface area contributed by atoms with Gasteiger partial charge in [0.1, 0.15) is 0 Å². The molecule has 1 amide bonds. The van der Waals surface area contributed by atoms with E-state index in [1.54, 1.807) is 0 Å². The number of hydrogen-bond acceptors (Lipinski definition) is 2. The van der Waals surface area contributed by atoms with Crippen LogP contribution in [0, 0.1) is 6.92 Å². The molecule has 3 nitrogen and oxygen atoms in total. The van der Waals surface area contributed by atoms with Crippen molar-refractivity contribution in [2.75, 3.05) is 13.1 Å². The van der Waals surface area contributed by atoms with E-state index in [9.17, 15) is 4.79 Å². The van der Waals surface area contributed by atoms with Gasteiger partial charge in [-0.15, -0.1) is 0 Å². The average Bonchev–Trinajstić information content (AvgIpc) is 2.83. The number of amides is 1. The summed E-state index contributed by atoms with van der Waals surface area (Å²) in [6, 6.07) is 8.73. The highest BCUT2D eigenvalue weighted by Crippen LogP contribution is 2.27. The summed E-state index contributed by atoms with van der Waals surface area (Å²) in [5, 5.41) is 3.25. The van der Waals surface area contributed by atoms with Gasteiger partial charge in [-0.3, -0.25) is 9.69 Å². The monoisotopic (exact) mass is 258 g/mol. The Labute approximate surface area is 115 Å². The molecule has 19 heavy (non-hydrogen) atoms. The Kier molecular flexibility index (Phi) is 3.56. The van der Waals surface area contributed by atoms with Gasteiger partial charge in [0.15, 0.2) is 0 Å². The van der Waals surface area contributed by atoms with Crippen molar-refractivity contribution in [2.24, 2.45) is 0 Å². The van der Waals surface area contributed by atoms with Gasteiger partial charge < -0.3 is 5.32 Å². The second-order valence-electron chi connectivity index (χ2n) is 5.78. The smallest absolute Gasteiger partial charge is 0.251 e. The Bertz CT molecular complexity index is 472.